The number of nitrogens with zero attached hydrogens (tertiary/aromatic N) is 4. The molecular formula is C21H25F2N5O3. The summed E-state index contributed by atoms with van der Waals surface area (Å²) in [5, 5.41) is 7.18. The van der Waals surface area contributed by atoms with Crippen molar-refractivity contribution in [1.82, 2.24) is 19.7 Å². The maximum absolute atomic E-state index is 13.5. The predicted octanol–water partition coefficient (Wildman–Crippen LogP) is 3.24. The minimum absolute atomic E-state index is 0.0464. The number of furan rings is 1. The molecule has 0 saturated carbocycles. The van der Waals surface area contributed by atoms with E-state index in [1.807, 2.05) is 0 Å². The molecule has 0 radical (unpaired) electrons. The van der Waals surface area contributed by atoms with E-state index >= 15 is 0 Å². The molecule has 1 aliphatic carbocycles. The number of piperidine rings is 1. The van der Waals surface area contributed by atoms with Gasteiger partial charge in [-0.3, -0.25) is 9.59 Å². The van der Waals surface area contributed by atoms with Gasteiger partial charge in [-0.1, -0.05) is 0 Å². The van der Waals surface area contributed by atoms with Crippen LogP contribution in [0.2, 0.25) is 0 Å². The smallest absolute Gasteiger partial charge is 0.289 e. The number of carbonyl (C=O) groups excluding carboxylic acids is 2. The Labute approximate surface area is 178 Å². The Bertz CT molecular complexity index is 1010. The molecule has 0 bridgehead atoms. The molecule has 8 nitrogen and oxygen atoms in total. The van der Waals surface area contributed by atoms with Crippen LogP contribution in [0.15, 0.2) is 10.7 Å². The maximum Gasteiger partial charge on any atom is 0.289 e. The lowest BCUT2D eigenvalue weighted by molar-refractivity contribution is 0.0525. The molecule has 3 aliphatic rings. The van der Waals surface area contributed by atoms with Crippen LogP contribution in [-0.2, 0) is 6.42 Å². The number of halogens is 2. The summed E-state index contributed by atoms with van der Waals surface area (Å²) in [7, 11) is 0. The Balaban J connectivity index is 1.26. The number of hydrogen-bond acceptors (Lipinski definition) is 6. The summed E-state index contributed by atoms with van der Waals surface area (Å²) in [6.45, 7) is 2.82. The highest BCUT2D eigenvalue weighted by Gasteiger charge is 2.39. The van der Waals surface area contributed by atoms with Crippen LogP contribution in [0.3, 0.4) is 0 Å². The molecule has 4 heterocycles. The Morgan fingerprint density at radius 1 is 1.29 bits per heavy atom. The molecular weight excluding hydrogens is 408 g/mol. The van der Waals surface area contributed by atoms with E-state index in [2.05, 4.69) is 15.4 Å². The Hall–Kier alpha value is -2.78. The number of Topliss-reactive ketones (excluding diaryl/α,β-unsaturated/α-hetero) is 1. The Kier molecular flexibility index (Phi) is 5.02. The topological polar surface area (TPSA) is 93.3 Å². The van der Waals surface area contributed by atoms with E-state index < -0.39 is 12.5 Å². The number of fused-ring (bicyclic) bond motifs is 2. The molecule has 2 aliphatic heterocycles. The molecule has 0 spiro atoms. The number of ketones is 1. The van der Waals surface area contributed by atoms with Crippen molar-refractivity contribution < 1.29 is 22.8 Å². The molecule has 31 heavy (non-hydrogen) atoms. The third-order valence-corrected chi connectivity index (χ3v) is 6.88. The zero-order chi connectivity index (χ0) is 21.7. The van der Waals surface area contributed by atoms with Gasteiger partial charge in [0, 0.05) is 37.5 Å². The molecule has 1 amide bonds. The van der Waals surface area contributed by atoms with Crippen molar-refractivity contribution >= 4 is 17.6 Å². The second-order valence-electron chi connectivity index (χ2n) is 8.68. The second-order valence-corrected chi connectivity index (χ2v) is 8.68. The largest absolute Gasteiger partial charge is 0.455 e. The van der Waals surface area contributed by atoms with Crippen molar-refractivity contribution in [3.63, 3.8) is 0 Å². The number of hydrogen-bond donors (Lipinski definition) is 1. The minimum Gasteiger partial charge on any atom is -0.455 e. The Morgan fingerprint density at radius 2 is 2.06 bits per heavy atom. The van der Waals surface area contributed by atoms with Crippen LogP contribution < -0.4 is 5.32 Å². The summed E-state index contributed by atoms with van der Waals surface area (Å²) in [6, 6.07) is -1.12. The van der Waals surface area contributed by atoms with Gasteiger partial charge in [0.2, 0.25) is 5.95 Å². The fraction of sp³-hybridized carbons (Fsp3) is 0.619. The van der Waals surface area contributed by atoms with Gasteiger partial charge >= 0.3 is 0 Å². The van der Waals surface area contributed by atoms with Crippen LogP contribution >= 0.6 is 0 Å². The summed E-state index contributed by atoms with van der Waals surface area (Å²) in [6.07, 6.45) is 2.38. The third kappa shape index (κ3) is 3.41. The SMILES string of the molecule is Cc1c(C(=O)N2CCC([C@@H]3C[C@H](C(F)F)n4ncnc4N3)CC2)oc2c1C(=O)CCC2. The maximum atomic E-state index is 13.5. The molecule has 0 aromatic carbocycles. The van der Waals surface area contributed by atoms with E-state index in [1.165, 1.54) is 11.0 Å². The first-order chi connectivity index (χ1) is 14.9. The number of anilines is 1. The number of carbonyl (C=O) groups is 2. The number of nitrogens with one attached hydrogen (secondary N) is 1. The highest BCUT2D eigenvalue weighted by Crippen LogP contribution is 2.36. The van der Waals surface area contributed by atoms with Gasteiger partial charge in [-0.25, -0.2) is 13.5 Å². The quantitative estimate of drug-likeness (QED) is 0.799. The summed E-state index contributed by atoms with van der Waals surface area (Å²) < 4.78 is 34.1. The van der Waals surface area contributed by atoms with Gasteiger partial charge in [0.15, 0.2) is 11.5 Å². The molecule has 1 N–H and O–H groups in total. The van der Waals surface area contributed by atoms with Crippen molar-refractivity contribution in [2.75, 3.05) is 18.4 Å². The van der Waals surface area contributed by atoms with Gasteiger partial charge in [-0.05, 0) is 38.5 Å². The van der Waals surface area contributed by atoms with E-state index in [0.717, 1.165) is 6.42 Å². The lowest BCUT2D eigenvalue weighted by Crippen LogP contribution is -2.46. The first-order valence-electron chi connectivity index (χ1n) is 10.8. The van der Waals surface area contributed by atoms with Crippen molar-refractivity contribution in [1.29, 1.82) is 0 Å². The molecule has 2 atom stereocenters. The molecule has 5 rings (SSSR count). The van der Waals surface area contributed by atoms with Crippen molar-refractivity contribution in [2.45, 2.75) is 64.0 Å². The van der Waals surface area contributed by atoms with E-state index in [0.29, 0.717) is 61.6 Å². The van der Waals surface area contributed by atoms with E-state index in [4.69, 9.17) is 4.42 Å². The van der Waals surface area contributed by atoms with Crippen LogP contribution in [0.5, 0.6) is 0 Å². The van der Waals surface area contributed by atoms with E-state index in [-0.39, 0.29) is 35.8 Å². The zero-order valence-corrected chi connectivity index (χ0v) is 17.3. The van der Waals surface area contributed by atoms with E-state index in [1.54, 1.807) is 11.8 Å². The average molecular weight is 433 g/mol. The number of likely N-dealkylation sites (tertiary alicyclic amines) is 1. The number of aromatic nitrogens is 3. The van der Waals surface area contributed by atoms with Gasteiger partial charge in [0.05, 0.1) is 5.56 Å². The number of alkyl halides is 2. The number of aryl methyl sites for hydroxylation is 1. The first kappa shape index (κ1) is 20.1. The minimum atomic E-state index is -2.51. The van der Waals surface area contributed by atoms with Crippen LogP contribution in [0.25, 0.3) is 0 Å². The predicted molar refractivity (Wildman–Crippen MR) is 106 cm³/mol. The molecule has 1 saturated heterocycles. The fourth-order valence-corrected chi connectivity index (χ4v) is 5.20. The number of amides is 1. The van der Waals surface area contributed by atoms with Crippen LogP contribution in [0.1, 0.15) is 70.4 Å². The summed E-state index contributed by atoms with van der Waals surface area (Å²) in [4.78, 5) is 31.1. The summed E-state index contributed by atoms with van der Waals surface area (Å²) >= 11 is 0. The monoisotopic (exact) mass is 433 g/mol. The van der Waals surface area contributed by atoms with Crippen molar-refractivity contribution in [3.8, 4) is 0 Å². The van der Waals surface area contributed by atoms with Crippen molar-refractivity contribution in [3.05, 3.63) is 29.0 Å². The normalized spacial score (nSPS) is 24.1. The summed E-state index contributed by atoms with van der Waals surface area (Å²) in [5.41, 5.74) is 1.22. The highest BCUT2D eigenvalue weighted by molar-refractivity contribution is 6.03. The highest BCUT2D eigenvalue weighted by atomic mass is 19.3. The van der Waals surface area contributed by atoms with Gasteiger partial charge < -0.3 is 14.6 Å². The lowest BCUT2D eigenvalue weighted by Gasteiger charge is -2.39. The molecule has 0 unspecified atom stereocenters. The number of rotatable bonds is 3. The van der Waals surface area contributed by atoms with Crippen LogP contribution in [0, 0.1) is 12.8 Å². The van der Waals surface area contributed by atoms with Crippen LogP contribution in [-0.4, -0.2) is 56.9 Å². The molecule has 1 fully saturated rings. The second kappa shape index (κ2) is 7.72. The van der Waals surface area contributed by atoms with Gasteiger partial charge in [-0.2, -0.15) is 10.1 Å². The average Bonchev–Trinajstić information content (AvgIpc) is 3.37. The van der Waals surface area contributed by atoms with Crippen molar-refractivity contribution in [2.24, 2.45) is 5.92 Å². The first-order valence-corrected chi connectivity index (χ1v) is 10.8. The standard InChI is InChI=1S/C21H25F2N5O3/c1-11-17-15(29)3-2-4-16(17)31-18(11)20(30)27-7-5-12(6-8-27)13-9-14(19(22)23)28-21(26-13)24-10-25-28/h10,12-14,19H,2-9H2,1H3,(H,24,25,26)/t13-,14+/m0/s1. The molecule has 2 aromatic heterocycles. The fourth-order valence-electron chi connectivity index (χ4n) is 5.20. The third-order valence-electron chi connectivity index (χ3n) is 6.88. The lowest BCUT2D eigenvalue weighted by atomic mass is 9.85. The van der Waals surface area contributed by atoms with Crippen LogP contribution in [0.4, 0.5) is 14.7 Å². The van der Waals surface area contributed by atoms with E-state index in [9.17, 15) is 18.4 Å². The zero-order valence-electron chi connectivity index (χ0n) is 17.3. The molecule has 10 heteroatoms. The van der Waals surface area contributed by atoms with Gasteiger partial charge in [0.1, 0.15) is 18.1 Å². The van der Waals surface area contributed by atoms with Gasteiger partial charge in [0.25, 0.3) is 12.3 Å². The Morgan fingerprint density at radius 3 is 2.77 bits per heavy atom. The van der Waals surface area contributed by atoms with Gasteiger partial charge in [-0.15, -0.1) is 0 Å². The molecule has 166 valence electrons. The molecule has 2 aromatic rings. The summed E-state index contributed by atoms with van der Waals surface area (Å²) in [5.74, 6) is 1.27.